The Morgan fingerprint density at radius 2 is 1.94 bits per heavy atom. The summed E-state index contributed by atoms with van der Waals surface area (Å²) in [5, 5.41) is 16.3. The number of amides is 2. The van der Waals surface area contributed by atoms with Crippen LogP contribution in [0, 0.1) is 11.3 Å². The average Bonchev–Trinajstić information content (AvgIpc) is 2.84. The van der Waals surface area contributed by atoms with Crippen molar-refractivity contribution >= 4 is 39.9 Å². The lowest BCUT2D eigenvalue weighted by Gasteiger charge is -2.20. The highest BCUT2D eigenvalue weighted by Gasteiger charge is 2.24. The second-order valence-electron chi connectivity index (χ2n) is 7.49. The van der Waals surface area contributed by atoms with Crippen molar-refractivity contribution in [2.75, 3.05) is 5.32 Å². The third-order valence-corrected chi connectivity index (χ3v) is 5.36. The molecule has 4 rings (SSSR count). The Hall–Kier alpha value is -4.75. The van der Waals surface area contributed by atoms with Crippen molar-refractivity contribution in [1.29, 1.82) is 5.26 Å². The number of hydrogen-bond donors (Lipinski definition) is 3. The lowest BCUT2D eigenvalue weighted by molar-refractivity contribution is -0.127. The predicted octanol–water partition coefficient (Wildman–Crippen LogP) is 2.11. The zero-order valence-corrected chi connectivity index (χ0v) is 18.7. The molecule has 0 fully saturated rings. The fourth-order valence-corrected chi connectivity index (χ4v) is 3.67. The molecule has 1 atom stereocenters. The number of nitrogens with one attached hydrogen (secondary N) is 3. The summed E-state index contributed by atoms with van der Waals surface area (Å²) in [6, 6.07) is 14.2. The van der Waals surface area contributed by atoms with Gasteiger partial charge in [0.1, 0.15) is 24.2 Å². The van der Waals surface area contributed by atoms with E-state index in [2.05, 4.69) is 15.6 Å². The molecule has 2 heterocycles. The molecule has 0 saturated heterocycles. The first kappa shape index (κ1) is 23.4. The van der Waals surface area contributed by atoms with Gasteiger partial charge in [-0.1, -0.05) is 48.0 Å². The molecule has 2 aromatic heterocycles. The first-order valence-corrected chi connectivity index (χ1v) is 10.7. The smallest absolute Gasteiger partial charge is 0.328 e. The summed E-state index contributed by atoms with van der Waals surface area (Å²) >= 11 is 6.10. The number of halogens is 1. The maximum Gasteiger partial charge on any atom is 0.328 e. The Kier molecular flexibility index (Phi) is 6.71. The van der Waals surface area contributed by atoms with E-state index < -0.39 is 35.6 Å². The standard InChI is InChI=1S/C24H17ClN6O4/c25-17-6-3-5-14(8-17)21(23(34)28-19-11-27-10-15-4-1-2-7-18(15)19)29-20(32)13-31-12-16(9-26)22(33)30-24(31)35/h1-8,10-12,21H,13H2,(H,28,34)(H,29,32)(H,30,33,35). The number of hydrogen-bond acceptors (Lipinski definition) is 6. The Morgan fingerprint density at radius 3 is 2.71 bits per heavy atom. The minimum absolute atomic E-state index is 0.329. The van der Waals surface area contributed by atoms with Crippen LogP contribution >= 0.6 is 11.6 Å². The third kappa shape index (κ3) is 5.26. The van der Waals surface area contributed by atoms with Gasteiger partial charge in [0, 0.05) is 28.2 Å². The molecule has 35 heavy (non-hydrogen) atoms. The van der Waals surface area contributed by atoms with Gasteiger partial charge < -0.3 is 10.6 Å². The van der Waals surface area contributed by atoms with Gasteiger partial charge in [-0.2, -0.15) is 5.26 Å². The van der Waals surface area contributed by atoms with Crippen molar-refractivity contribution in [2.45, 2.75) is 12.6 Å². The maximum atomic E-state index is 13.3. The van der Waals surface area contributed by atoms with E-state index in [4.69, 9.17) is 16.9 Å². The number of anilines is 1. The van der Waals surface area contributed by atoms with Crippen molar-refractivity contribution in [2.24, 2.45) is 0 Å². The predicted molar refractivity (Wildman–Crippen MR) is 129 cm³/mol. The van der Waals surface area contributed by atoms with Crippen LogP contribution in [0.25, 0.3) is 10.8 Å². The summed E-state index contributed by atoms with van der Waals surface area (Å²) in [7, 11) is 0. The molecule has 2 amide bonds. The number of fused-ring (bicyclic) bond motifs is 1. The van der Waals surface area contributed by atoms with Crippen LogP contribution in [0.5, 0.6) is 0 Å². The van der Waals surface area contributed by atoms with Gasteiger partial charge in [0.15, 0.2) is 0 Å². The van der Waals surface area contributed by atoms with E-state index in [1.807, 2.05) is 29.2 Å². The number of nitriles is 1. The summed E-state index contributed by atoms with van der Waals surface area (Å²) in [5.41, 5.74) is -1.19. The van der Waals surface area contributed by atoms with Crippen molar-refractivity contribution in [3.63, 3.8) is 0 Å². The highest BCUT2D eigenvalue weighted by atomic mass is 35.5. The van der Waals surface area contributed by atoms with Crippen LogP contribution in [0.3, 0.4) is 0 Å². The summed E-state index contributed by atoms with van der Waals surface area (Å²) < 4.78 is 0.872. The number of pyridine rings is 1. The largest absolute Gasteiger partial charge is 0.339 e. The first-order valence-electron chi connectivity index (χ1n) is 10.3. The lowest BCUT2D eigenvalue weighted by atomic mass is 10.1. The molecule has 0 aliphatic rings. The van der Waals surface area contributed by atoms with Gasteiger partial charge in [-0.25, -0.2) is 4.79 Å². The van der Waals surface area contributed by atoms with E-state index >= 15 is 0 Å². The lowest BCUT2D eigenvalue weighted by Crippen LogP contribution is -2.41. The number of rotatable bonds is 6. The number of aromatic amines is 1. The SMILES string of the molecule is N#Cc1cn(CC(=O)NC(C(=O)Nc2cncc3ccccc23)c2cccc(Cl)c2)c(=O)[nH]c1=O. The van der Waals surface area contributed by atoms with Gasteiger partial charge in [-0.3, -0.25) is 28.9 Å². The van der Waals surface area contributed by atoms with Crippen LogP contribution < -0.4 is 21.9 Å². The maximum absolute atomic E-state index is 13.3. The van der Waals surface area contributed by atoms with Gasteiger partial charge >= 0.3 is 5.69 Å². The number of aromatic nitrogens is 3. The van der Waals surface area contributed by atoms with E-state index in [-0.39, 0.29) is 5.56 Å². The van der Waals surface area contributed by atoms with E-state index in [1.54, 1.807) is 30.5 Å². The molecule has 0 aliphatic heterocycles. The van der Waals surface area contributed by atoms with Crippen LogP contribution in [-0.2, 0) is 16.1 Å². The minimum Gasteiger partial charge on any atom is -0.339 e. The average molecular weight is 489 g/mol. The highest BCUT2D eigenvalue weighted by molar-refractivity contribution is 6.30. The zero-order valence-electron chi connectivity index (χ0n) is 18.0. The fourth-order valence-electron chi connectivity index (χ4n) is 3.48. The van der Waals surface area contributed by atoms with Crippen LogP contribution in [0.1, 0.15) is 17.2 Å². The van der Waals surface area contributed by atoms with E-state index in [0.717, 1.165) is 21.5 Å². The van der Waals surface area contributed by atoms with Crippen molar-refractivity contribution < 1.29 is 9.59 Å². The topological polar surface area (TPSA) is 150 Å². The second kappa shape index (κ2) is 10.0. The number of nitrogens with zero attached hydrogens (tertiary/aromatic N) is 3. The quantitative estimate of drug-likeness (QED) is 0.378. The molecule has 0 saturated carbocycles. The van der Waals surface area contributed by atoms with E-state index in [0.29, 0.717) is 16.3 Å². The number of carbonyl (C=O) groups excluding carboxylic acids is 2. The summed E-state index contributed by atoms with van der Waals surface area (Å²) in [6.07, 6.45) is 4.15. The van der Waals surface area contributed by atoms with E-state index in [9.17, 15) is 19.2 Å². The van der Waals surface area contributed by atoms with Crippen molar-refractivity contribution in [1.82, 2.24) is 19.9 Å². The van der Waals surface area contributed by atoms with Gasteiger partial charge in [0.25, 0.3) is 11.5 Å². The summed E-state index contributed by atoms with van der Waals surface area (Å²) in [6.45, 7) is -0.537. The van der Waals surface area contributed by atoms with Crippen LogP contribution in [0.15, 0.2) is 76.7 Å². The minimum atomic E-state index is -1.17. The summed E-state index contributed by atoms with van der Waals surface area (Å²) in [4.78, 5) is 55.9. The third-order valence-electron chi connectivity index (χ3n) is 5.12. The number of carbonyl (C=O) groups is 2. The molecule has 0 radical (unpaired) electrons. The molecular weight excluding hydrogens is 472 g/mol. The van der Waals surface area contributed by atoms with Crippen molar-refractivity contribution in [3.8, 4) is 6.07 Å². The van der Waals surface area contributed by atoms with Gasteiger partial charge in [-0.05, 0) is 17.7 Å². The molecule has 0 aliphatic carbocycles. The van der Waals surface area contributed by atoms with E-state index in [1.165, 1.54) is 12.3 Å². The molecular formula is C24H17ClN6O4. The molecule has 3 N–H and O–H groups in total. The zero-order chi connectivity index (χ0) is 24.9. The second-order valence-corrected chi connectivity index (χ2v) is 7.93. The van der Waals surface area contributed by atoms with Crippen LogP contribution in [0.4, 0.5) is 5.69 Å². The Morgan fingerprint density at radius 1 is 1.14 bits per heavy atom. The Balaban J connectivity index is 1.63. The Bertz CT molecular complexity index is 1600. The first-order chi connectivity index (χ1) is 16.9. The molecule has 0 spiro atoms. The highest BCUT2D eigenvalue weighted by Crippen LogP contribution is 2.24. The normalized spacial score (nSPS) is 11.4. The van der Waals surface area contributed by atoms with Crippen LogP contribution in [0.2, 0.25) is 5.02 Å². The molecule has 11 heteroatoms. The number of benzene rings is 2. The van der Waals surface area contributed by atoms with Gasteiger partial charge in [0.2, 0.25) is 5.91 Å². The van der Waals surface area contributed by atoms with Crippen LogP contribution in [-0.4, -0.2) is 26.3 Å². The Labute approximate surface area is 202 Å². The molecule has 0 bridgehead atoms. The molecule has 2 aromatic carbocycles. The summed E-state index contributed by atoms with van der Waals surface area (Å²) in [5.74, 6) is -1.27. The molecule has 1 unspecified atom stereocenters. The molecule has 4 aromatic rings. The molecule has 174 valence electrons. The van der Waals surface area contributed by atoms with Gasteiger partial charge in [-0.15, -0.1) is 0 Å². The van der Waals surface area contributed by atoms with Gasteiger partial charge in [0.05, 0.1) is 11.9 Å². The number of H-pyrrole nitrogens is 1. The fraction of sp³-hybridized carbons (Fsp3) is 0.0833. The molecule has 10 nitrogen and oxygen atoms in total. The monoisotopic (exact) mass is 488 g/mol. The van der Waals surface area contributed by atoms with Crippen molar-refractivity contribution in [3.05, 3.63) is 104 Å².